The molecule has 1 atom stereocenters. The van der Waals surface area contributed by atoms with E-state index in [0.29, 0.717) is 6.04 Å². The van der Waals surface area contributed by atoms with Crippen LogP contribution in [0.25, 0.3) is 0 Å². The van der Waals surface area contributed by atoms with Crippen LogP contribution in [0, 0.1) is 6.92 Å². The molecule has 0 unspecified atom stereocenters. The summed E-state index contributed by atoms with van der Waals surface area (Å²) in [6.07, 6.45) is 4.55. The minimum atomic E-state index is 0.437. The summed E-state index contributed by atoms with van der Waals surface area (Å²) in [5.41, 5.74) is 1.12. The molecule has 0 saturated carbocycles. The minimum Gasteiger partial charge on any atom is -0.361 e. The smallest absolute Gasteiger partial charge is 0.137 e. The van der Waals surface area contributed by atoms with Gasteiger partial charge in [-0.05, 0) is 44.9 Å². The average Bonchev–Trinajstić information content (AvgIpc) is 3.12. The second-order valence-electron chi connectivity index (χ2n) is 5.61. The number of hydrogen-bond donors (Lipinski definition) is 0. The number of thiophene rings is 1. The second-order valence-corrected chi connectivity index (χ2v) is 6.98. The summed E-state index contributed by atoms with van der Waals surface area (Å²) in [6.45, 7) is 6.55. The van der Waals surface area contributed by atoms with E-state index in [1.54, 1.807) is 0 Å². The van der Waals surface area contributed by atoms with Gasteiger partial charge in [0.2, 0.25) is 0 Å². The van der Waals surface area contributed by atoms with Crippen molar-refractivity contribution in [3.63, 3.8) is 0 Å². The maximum Gasteiger partial charge on any atom is 0.137 e. The molecule has 0 aliphatic carbocycles. The molecule has 1 aliphatic rings. The molecule has 2 aromatic rings. The Balaban J connectivity index is 1.71. The third-order valence-corrected chi connectivity index (χ3v) is 4.92. The first-order valence-electron chi connectivity index (χ1n) is 7.51. The highest BCUT2D eigenvalue weighted by molar-refractivity contribution is 7.11. The Morgan fingerprint density at radius 1 is 1.45 bits per heavy atom. The lowest BCUT2D eigenvalue weighted by Crippen LogP contribution is -2.22. The van der Waals surface area contributed by atoms with E-state index in [2.05, 4.69) is 42.1 Å². The monoisotopic (exact) mass is 290 g/mol. The molecule has 1 saturated heterocycles. The Labute approximate surface area is 124 Å². The maximum atomic E-state index is 5.45. The van der Waals surface area contributed by atoms with E-state index in [4.69, 9.17) is 4.52 Å². The topological polar surface area (TPSA) is 29.3 Å². The summed E-state index contributed by atoms with van der Waals surface area (Å²) in [5.74, 6) is 1.03. The van der Waals surface area contributed by atoms with Crippen molar-refractivity contribution in [1.29, 1.82) is 0 Å². The Morgan fingerprint density at radius 3 is 3.10 bits per heavy atom. The van der Waals surface area contributed by atoms with Crippen molar-refractivity contribution in [3.8, 4) is 0 Å². The van der Waals surface area contributed by atoms with Gasteiger partial charge in [0.15, 0.2) is 0 Å². The van der Waals surface area contributed by atoms with Gasteiger partial charge in [-0.25, -0.2) is 0 Å². The van der Waals surface area contributed by atoms with Crippen LogP contribution in [0.4, 0.5) is 0 Å². The first kappa shape index (κ1) is 13.8. The fraction of sp³-hybridized carbons (Fsp3) is 0.562. The largest absolute Gasteiger partial charge is 0.361 e. The van der Waals surface area contributed by atoms with E-state index in [9.17, 15) is 0 Å². The van der Waals surface area contributed by atoms with Crippen molar-refractivity contribution in [2.75, 3.05) is 6.54 Å². The Kier molecular flexibility index (Phi) is 4.22. The van der Waals surface area contributed by atoms with Gasteiger partial charge in [-0.15, -0.1) is 11.3 Å². The summed E-state index contributed by atoms with van der Waals surface area (Å²) >= 11 is 1.90. The predicted octanol–water partition coefficient (Wildman–Crippen LogP) is 4.33. The number of nitrogens with zero attached hydrogens (tertiary/aromatic N) is 2. The van der Waals surface area contributed by atoms with Crippen molar-refractivity contribution in [2.45, 2.75) is 52.1 Å². The molecule has 3 nitrogen and oxygen atoms in total. The summed E-state index contributed by atoms with van der Waals surface area (Å²) in [5, 5.41) is 4.30. The molecule has 3 rings (SSSR count). The molecule has 3 heterocycles. The summed E-state index contributed by atoms with van der Waals surface area (Å²) in [6, 6.07) is 7.06. The van der Waals surface area contributed by atoms with Gasteiger partial charge < -0.3 is 4.52 Å². The van der Waals surface area contributed by atoms with Crippen LogP contribution in [0.5, 0.6) is 0 Å². The molecule has 2 aromatic heterocycles. The summed E-state index contributed by atoms with van der Waals surface area (Å²) < 4.78 is 5.45. The highest BCUT2D eigenvalue weighted by atomic mass is 32.1. The fourth-order valence-corrected chi connectivity index (χ4v) is 3.89. The molecule has 0 N–H and O–H groups in total. The van der Waals surface area contributed by atoms with Crippen LogP contribution < -0.4 is 0 Å². The molecule has 1 fully saturated rings. The molecular formula is C16H22N2OS. The molecule has 20 heavy (non-hydrogen) atoms. The maximum absolute atomic E-state index is 5.45. The first-order valence-corrected chi connectivity index (χ1v) is 8.32. The van der Waals surface area contributed by atoms with Gasteiger partial charge in [0.1, 0.15) is 11.5 Å². The van der Waals surface area contributed by atoms with Crippen LogP contribution >= 0.6 is 11.3 Å². The van der Waals surface area contributed by atoms with Crippen molar-refractivity contribution in [1.82, 2.24) is 10.1 Å². The quantitative estimate of drug-likeness (QED) is 0.820. The summed E-state index contributed by atoms with van der Waals surface area (Å²) in [7, 11) is 0. The molecule has 1 aliphatic heterocycles. The number of aromatic nitrogens is 1. The normalized spacial score (nSPS) is 19.8. The van der Waals surface area contributed by atoms with Gasteiger partial charge in [-0.2, -0.15) is 0 Å². The molecule has 4 heteroatoms. The van der Waals surface area contributed by atoms with E-state index < -0.39 is 0 Å². The third-order valence-electron chi connectivity index (χ3n) is 3.93. The van der Waals surface area contributed by atoms with Crippen LogP contribution in [0.1, 0.15) is 53.4 Å². The van der Waals surface area contributed by atoms with Gasteiger partial charge in [0, 0.05) is 28.8 Å². The van der Waals surface area contributed by atoms with Crippen LogP contribution in [-0.2, 0) is 13.0 Å². The number of likely N-dealkylation sites (tertiary alicyclic amines) is 1. The van der Waals surface area contributed by atoms with Gasteiger partial charge in [-0.3, -0.25) is 4.90 Å². The van der Waals surface area contributed by atoms with Crippen molar-refractivity contribution in [2.24, 2.45) is 0 Å². The van der Waals surface area contributed by atoms with E-state index in [0.717, 1.165) is 37.4 Å². The number of rotatable bonds is 5. The predicted molar refractivity (Wildman–Crippen MR) is 81.9 cm³/mol. The van der Waals surface area contributed by atoms with Gasteiger partial charge in [-0.1, -0.05) is 12.1 Å². The lowest BCUT2D eigenvalue weighted by Gasteiger charge is -2.21. The van der Waals surface area contributed by atoms with Gasteiger partial charge >= 0.3 is 0 Å². The molecule has 0 amide bonds. The van der Waals surface area contributed by atoms with E-state index in [1.165, 1.54) is 22.6 Å². The van der Waals surface area contributed by atoms with Crippen molar-refractivity contribution >= 4 is 11.3 Å². The van der Waals surface area contributed by atoms with Crippen molar-refractivity contribution < 1.29 is 4.52 Å². The minimum absolute atomic E-state index is 0.437. The van der Waals surface area contributed by atoms with Crippen molar-refractivity contribution in [3.05, 3.63) is 39.4 Å². The van der Waals surface area contributed by atoms with Gasteiger partial charge in [0.05, 0.1) is 6.04 Å². The van der Waals surface area contributed by atoms with Crippen LogP contribution in [0.3, 0.4) is 0 Å². The lowest BCUT2D eigenvalue weighted by molar-refractivity contribution is 0.238. The molecule has 0 aromatic carbocycles. The molecule has 108 valence electrons. The highest BCUT2D eigenvalue weighted by Gasteiger charge is 2.28. The first-order chi connectivity index (χ1) is 9.76. The zero-order valence-electron chi connectivity index (χ0n) is 12.3. The molecular weight excluding hydrogens is 268 g/mol. The van der Waals surface area contributed by atoms with Gasteiger partial charge in [0.25, 0.3) is 0 Å². The molecule has 0 spiro atoms. The average molecular weight is 290 g/mol. The Hall–Kier alpha value is -1.13. The zero-order valence-corrected chi connectivity index (χ0v) is 13.1. The second kappa shape index (κ2) is 6.10. The van der Waals surface area contributed by atoms with E-state index in [1.807, 2.05) is 11.3 Å². The number of aryl methyl sites for hydroxylation is 2. The molecule has 0 radical (unpaired) electrons. The standard InChI is InChI=1S/C16H22N2OS/c1-3-5-13-10-15(17-19-13)16-6-4-9-18(16)11-14-8-7-12(2)20-14/h7-8,10,16H,3-6,9,11H2,1-2H3/t16-/m0/s1. The number of hydrogen-bond acceptors (Lipinski definition) is 4. The Bertz CT molecular complexity index is 560. The Morgan fingerprint density at radius 2 is 2.35 bits per heavy atom. The zero-order chi connectivity index (χ0) is 13.9. The SMILES string of the molecule is CCCc1cc([C@@H]2CCCN2Cc2ccc(C)s2)no1. The third kappa shape index (κ3) is 2.96. The molecule has 0 bridgehead atoms. The lowest BCUT2D eigenvalue weighted by atomic mass is 10.1. The van der Waals surface area contributed by atoms with Crippen LogP contribution in [0.15, 0.2) is 22.7 Å². The van der Waals surface area contributed by atoms with E-state index >= 15 is 0 Å². The van der Waals surface area contributed by atoms with Crippen LogP contribution in [0.2, 0.25) is 0 Å². The van der Waals surface area contributed by atoms with E-state index in [-0.39, 0.29) is 0 Å². The fourth-order valence-electron chi connectivity index (χ4n) is 2.97. The highest BCUT2D eigenvalue weighted by Crippen LogP contribution is 2.33. The van der Waals surface area contributed by atoms with Crippen LogP contribution in [-0.4, -0.2) is 16.6 Å². The summed E-state index contributed by atoms with van der Waals surface area (Å²) in [4.78, 5) is 5.38.